The summed E-state index contributed by atoms with van der Waals surface area (Å²) in [7, 11) is 0. The van der Waals surface area contributed by atoms with Crippen LogP contribution >= 0.6 is 0 Å². The lowest BCUT2D eigenvalue weighted by molar-refractivity contribution is 0.271. The second-order valence-electron chi connectivity index (χ2n) is 4.39. The van der Waals surface area contributed by atoms with Gasteiger partial charge < -0.3 is 10.1 Å². The third kappa shape index (κ3) is 1.63. The topological polar surface area (TPSA) is 74.7 Å². The van der Waals surface area contributed by atoms with Gasteiger partial charge in [0.25, 0.3) is 0 Å². The molecule has 1 saturated carbocycles. The predicted molar refractivity (Wildman–Crippen MR) is 63.3 cm³/mol. The fraction of sp³-hybridized carbons (Fsp3) is 0.417. The van der Waals surface area contributed by atoms with E-state index in [0.717, 1.165) is 30.5 Å². The number of rotatable bonds is 2. The first-order chi connectivity index (χ1) is 8.29. The van der Waals surface area contributed by atoms with Gasteiger partial charge in [-0.1, -0.05) is 12.2 Å². The summed E-state index contributed by atoms with van der Waals surface area (Å²) >= 11 is 0. The van der Waals surface area contributed by atoms with Gasteiger partial charge in [-0.3, -0.25) is 0 Å². The fourth-order valence-corrected chi connectivity index (χ4v) is 2.47. The van der Waals surface area contributed by atoms with Crippen LogP contribution in [0.15, 0.2) is 18.5 Å². The number of nitrogens with one attached hydrogen (secondary N) is 1. The molecule has 2 aromatic rings. The van der Waals surface area contributed by atoms with E-state index in [1.807, 2.05) is 0 Å². The maximum atomic E-state index is 9.18. The molecule has 0 amide bonds. The van der Waals surface area contributed by atoms with Crippen LogP contribution in [0.4, 0.5) is 0 Å². The van der Waals surface area contributed by atoms with Gasteiger partial charge in [0.2, 0.25) is 0 Å². The summed E-state index contributed by atoms with van der Waals surface area (Å²) in [6, 6.07) is 0. The number of fused-ring (bicyclic) bond motifs is 1. The van der Waals surface area contributed by atoms with Crippen LogP contribution in [0.25, 0.3) is 11.2 Å². The highest BCUT2D eigenvalue weighted by Gasteiger charge is 2.25. The number of hydrogen-bond donors (Lipinski definition) is 2. The standard InChI is InChI=1S/C12H14N4O/c1-7-3-2-4-8(7)10-11-12(14-6-13-11)16-9(5-17)15-10/h6,8,17H,1-5H2,(H,13,14,15,16). The lowest BCUT2D eigenvalue weighted by Crippen LogP contribution is -2.05. The molecule has 5 nitrogen and oxygen atoms in total. The van der Waals surface area contributed by atoms with Crippen molar-refractivity contribution in [3.8, 4) is 0 Å². The van der Waals surface area contributed by atoms with Crippen LogP contribution in [-0.4, -0.2) is 25.0 Å². The number of aliphatic hydroxyl groups excluding tert-OH is 1. The Kier molecular flexibility index (Phi) is 2.40. The molecule has 17 heavy (non-hydrogen) atoms. The van der Waals surface area contributed by atoms with Crippen molar-refractivity contribution in [1.82, 2.24) is 19.9 Å². The number of imidazole rings is 1. The summed E-state index contributed by atoms with van der Waals surface area (Å²) < 4.78 is 0. The first-order valence-corrected chi connectivity index (χ1v) is 5.78. The van der Waals surface area contributed by atoms with Gasteiger partial charge in [-0.2, -0.15) is 0 Å². The molecule has 1 aliphatic carbocycles. The van der Waals surface area contributed by atoms with E-state index in [1.165, 1.54) is 5.57 Å². The van der Waals surface area contributed by atoms with Crippen molar-refractivity contribution < 1.29 is 5.11 Å². The summed E-state index contributed by atoms with van der Waals surface area (Å²) in [5, 5.41) is 9.18. The number of aliphatic hydroxyl groups is 1. The third-order valence-electron chi connectivity index (χ3n) is 3.31. The largest absolute Gasteiger partial charge is 0.388 e. The van der Waals surface area contributed by atoms with Gasteiger partial charge in [0.05, 0.1) is 12.0 Å². The number of nitrogens with zero attached hydrogens (tertiary/aromatic N) is 3. The molecule has 1 unspecified atom stereocenters. The highest BCUT2D eigenvalue weighted by Crippen LogP contribution is 2.38. The molecule has 3 rings (SSSR count). The van der Waals surface area contributed by atoms with Crippen molar-refractivity contribution >= 4 is 11.2 Å². The predicted octanol–water partition coefficient (Wildman–Crippen LogP) is 1.67. The van der Waals surface area contributed by atoms with Crippen LogP contribution in [0.2, 0.25) is 0 Å². The van der Waals surface area contributed by atoms with Gasteiger partial charge >= 0.3 is 0 Å². The van der Waals surface area contributed by atoms with Gasteiger partial charge in [-0.15, -0.1) is 0 Å². The molecule has 0 aliphatic heterocycles. The Morgan fingerprint density at radius 3 is 3.06 bits per heavy atom. The highest BCUT2D eigenvalue weighted by molar-refractivity contribution is 5.73. The zero-order valence-corrected chi connectivity index (χ0v) is 9.48. The number of hydrogen-bond acceptors (Lipinski definition) is 4. The first-order valence-electron chi connectivity index (χ1n) is 5.78. The molecule has 1 atom stereocenters. The molecule has 2 aromatic heterocycles. The SMILES string of the molecule is C=C1CCCC1c1nc(CO)nc2nc[nH]c12. The molecule has 0 saturated heterocycles. The number of aromatic amines is 1. The molecule has 1 fully saturated rings. The quantitative estimate of drug-likeness (QED) is 0.769. The number of aromatic nitrogens is 4. The summed E-state index contributed by atoms with van der Waals surface area (Å²) in [6.07, 6.45) is 4.88. The molecule has 5 heteroatoms. The number of H-pyrrole nitrogens is 1. The van der Waals surface area contributed by atoms with Gasteiger partial charge in [0, 0.05) is 5.92 Å². The normalized spacial score (nSPS) is 20.3. The Bertz CT molecular complexity index is 575. The van der Waals surface area contributed by atoms with E-state index >= 15 is 0 Å². The molecule has 2 heterocycles. The zero-order valence-electron chi connectivity index (χ0n) is 9.48. The van der Waals surface area contributed by atoms with Crippen LogP contribution in [0.5, 0.6) is 0 Å². The van der Waals surface area contributed by atoms with Crippen molar-refractivity contribution in [2.24, 2.45) is 0 Å². The second kappa shape index (κ2) is 3.92. The molecule has 1 aliphatic rings. The van der Waals surface area contributed by atoms with Crippen molar-refractivity contribution in [3.63, 3.8) is 0 Å². The summed E-state index contributed by atoms with van der Waals surface area (Å²) in [4.78, 5) is 15.8. The Morgan fingerprint density at radius 1 is 1.47 bits per heavy atom. The van der Waals surface area contributed by atoms with Gasteiger partial charge in [-0.25, -0.2) is 15.0 Å². The van der Waals surface area contributed by atoms with Crippen molar-refractivity contribution in [1.29, 1.82) is 0 Å². The molecule has 0 radical (unpaired) electrons. The highest BCUT2D eigenvalue weighted by atomic mass is 16.3. The van der Waals surface area contributed by atoms with Crippen molar-refractivity contribution in [3.05, 3.63) is 30.0 Å². The summed E-state index contributed by atoms with van der Waals surface area (Å²) in [5.74, 6) is 0.700. The van der Waals surface area contributed by atoms with Crippen LogP contribution in [0.3, 0.4) is 0 Å². The molecular weight excluding hydrogens is 216 g/mol. The summed E-state index contributed by atoms with van der Waals surface area (Å²) in [5.41, 5.74) is 3.64. The van der Waals surface area contributed by atoms with E-state index in [2.05, 4.69) is 26.5 Å². The van der Waals surface area contributed by atoms with E-state index in [0.29, 0.717) is 11.5 Å². The average molecular weight is 230 g/mol. The third-order valence-corrected chi connectivity index (χ3v) is 3.31. The summed E-state index contributed by atoms with van der Waals surface area (Å²) in [6.45, 7) is 3.94. The Morgan fingerprint density at radius 2 is 2.35 bits per heavy atom. The van der Waals surface area contributed by atoms with Crippen molar-refractivity contribution in [2.45, 2.75) is 31.8 Å². The first kappa shape index (κ1) is 10.4. The maximum absolute atomic E-state index is 9.18. The van der Waals surface area contributed by atoms with Crippen molar-refractivity contribution in [2.75, 3.05) is 0 Å². The maximum Gasteiger partial charge on any atom is 0.181 e. The van der Waals surface area contributed by atoms with Crippen LogP contribution < -0.4 is 0 Å². The lowest BCUT2D eigenvalue weighted by atomic mass is 9.99. The Hall–Kier alpha value is -1.75. The van der Waals surface area contributed by atoms with Gasteiger partial charge in [0.1, 0.15) is 12.1 Å². The molecule has 0 spiro atoms. The van der Waals surface area contributed by atoms with E-state index in [-0.39, 0.29) is 12.5 Å². The molecule has 88 valence electrons. The smallest absolute Gasteiger partial charge is 0.181 e. The molecule has 0 aromatic carbocycles. The van der Waals surface area contributed by atoms with Gasteiger partial charge in [-0.05, 0) is 19.3 Å². The number of allylic oxidation sites excluding steroid dienone is 1. The molecule has 2 N–H and O–H groups in total. The minimum atomic E-state index is -0.158. The fourth-order valence-electron chi connectivity index (χ4n) is 2.47. The van der Waals surface area contributed by atoms with E-state index in [1.54, 1.807) is 6.33 Å². The average Bonchev–Trinajstić information content (AvgIpc) is 2.95. The minimum Gasteiger partial charge on any atom is -0.388 e. The lowest BCUT2D eigenvalue weighted by Gasteiger charge is -2.12. The Balaban J connectivity index is 2.19. The minimum absolute atomic E-state index is 0.158. The Labute approximate surface area is 98.6 Å². The van der Waals surface area contributed by atoms with Crippen LogP contribution in [0.1, 0.15) is 36.7 Å². The van der Waals surface area contributed by atoms with E-state index < -0.39 is 0 Å². The zero-order chi connectivity index (χ0) is 11.8. The van der Waals surface area contributed by atoms with Crippen LogP contribution in [-0.2, 0) is 6.61 Å². The monoisotopic (exact) mass is 230 g/mol. The van der Waals surface area contributed by atoms with Crippen LogP contribution in [0, 0.1) is 0 Å². The molecular formula is C12H14N4O. The molecule has 0 bridgehead atoms. The van der Waals surface area contributed by atoms with Gasteiger partial charge in [0.15, 0.2) is 11.5 Å². The second-order valence-corrected chi connectivity index (χ2v) is 4.39. The van der Waals surface area contributed by atoms with E-state index in [9.17, 15) is 5.11 Å². The van der Waals surface area contributed by atoms with E-state index in [4.69, 9.17) is 0 Å².